The number of thiophene rings is 1. The van der Waals surface area contributed by atoms with Crippen LogP contribution in [0.1, 0.15) is 31.8 Å². The number of nitrogens with zero attached hydrogens (tertiary/aromatic N) is 1. The molecular formula is C37H30N4O7S2. The zero-order chi connectivity index (χ0) is 35.6. The number of rotatable bonds is 12. The molecule has 0 aliphatic heterocycles. The van der Waals surface area contributed by atoms with Gasteiger partial charge in [-0.2, -0.15) is 0 Å². The number of nitro groups is 1. The van der Waals surface area contributed by atoms with Crippen molar-refractivity contribution in [2.24, 2.45) is 0 Å². The molecule has 4 aromatic carbocycles. The van der Waals surface area contributed by atoms with Gasteiger partial charge in [-0.3, -0.25) is 24.5 Å². The first-order chi connectivity index (χ1) is 24.1. The number of nitro benzene ring substituents is 1. The minimum Gasteiger partial charge on any atom is -0.465 e. The number of thioether (sulfide) groups is 1. The predicted molar refractivity (Wildman–Crippen MR) is 195 cm³/mol. The van der Waals surface area contributed by atoms with Crippen molar-refractivity contribution in [3.05, 3.63) is 147 Å². The van der Waals surface area contributed by atoms with Crippen LogP contribution in [-0.2, 0) is 14.3 Å². The van der Waals surface area contributed by atoms with E-state index in [9.17, 15) is 29.3 Å². The monoisotopic (exact) mass is 706 g/mol. The van der Waals surface area contributed by atoms with Gasteiger partial charge in [0.05, 0.1) is 17.8 Å². The van der Waals surface area contributed by atoms with Crippen molar-refractivity contribution in [1.29, 1.82) is 0 Å². The summed E-state index contributed by atoms with van der Waals surface area (Å²) in [5, 5.41) is 21.5. The van der Waals surface area contributed by atoms with Gasteiger partial charge in [-0.05, 0) is 66.6 Å². The highest BCUT2D eigenvalue weighted by Crippen LogP contribution is 2.36. The molecule has 0 aliphatic rings. The standard InChI is InChI=1S/C37H30N4O7S2/c1-23-11-15-25(16-12-23)30-21-50-36(33(30)37(45)48-2)40-32(42)22-49-29-10-6-9-27(20-29)38-35(44)31(39-34(43)26-7-4-3-5-8-26)19-24-13-17-28(18-14-24)41(46)47/h3-21H,22H2,1-2H3,(H,38,44)(H,39,43)(H,40,42)/b31-19+. The lowest BCUT2D eigenvalue weighted by molar-refractivity contribution is -0.384. The van der Waals surface area contributed by atoms with E-state index >= 15 is 0 Å². The summed E-state index contributed by atoms with van der Waals surface area (Å²) in [6.45, 7) is 1.97. The molecule has 0 fully saturated rings. The minimum absolute atomic E-state index is 0.00814. The number of hydrogen-bond acceptors (Lipinski definition) is 9. The molecular weight excluding hydrogens is 677 g/mol. The van der Waals surface area contributed by atoms with Gasteiger partial charge in [0.1, 0.15) is 16.3 Å². The second-order valence-electron chi connectivity index (χ2n) is 10.8. The Balaban J connectivity index is 1.28. The third-order valence-electron chi connectivity index (χ3n) is 7.20. The number of carbonyl (C=O) groups is 4. The number of hydrogen-bond donors (Lipinski definition) is 3. The number of ether oxygens (including phenoxy) is 1. The summed E-state index contributed by atoms with van der Waals surface area (Å²) in [5.41, 5.74) is 3.83. The molecule has 5 aromatic rings. The molecule has 1 aromatic heterocycles. The van der Waals surface area contributed by atoms with Crippen LogP contribution in [0, 0.1) is 17.0 Å². The zero-order valence-corrected chi connectivity index (χ0v) is 28.4. The first-order valence-electron chi connectivity index (χ1n) is 15.0. The Bertz CT molecular complexity index is 2080. The first-order valence-corrected chi connectivity index (χ1v) is 16.9. The van der Waals surface area contributed by atoms with Gasteiger partial charge in [0.25, 0.3) is 17.5 Å². The third-order valence-corrected chi connectivity index (χ3v) is 9.09. The second-order valence-corrected chi connectivity index (χ2v) is 12.7. The molecule has 252 valence electrons. The number of anilines is 2. The Morgan fingerprint density at radius 2 is 1.62 bits per heavy atom. The molecule has 0 bridgehead atoms. The maximum absolute atomic E-state index is 13.5. The SMILES string of the molecule is COC(=O)c1c(-c2ccc(C)cc2)csc1NC(=O)CSc1cccc(NC(=O)/C(=C\c2ccc([N+](=O)[O-])cc2)NC(=O)c2ccccc2)c1. The van der Waals surface area contributed by atoms with Gasteiger partial charge in [0, 0.05) is 39.2 Å². The average Bonchev–Trinajstić information content (AvgIpc) is 3.54. The molecule has 1 heterocycles. The van der Waals surface area contributed by atoms with E-state index in [4.69, 9.17) is 4.74 Å². The van der Waals surface area contributed by atoms with E-state index in [0.717, 1.165) is 11.1 Å². The number of carbonyl (C=O) groups excluding carboxylic acids is 4. The van der Waals surface area contributed by atoms with Crippen LogP contribution in [0.2, 0.25) is 0 Å². The molecule has 3 N–H and O–H groups in total. The molecule has 5 rings (SSSR count). The number of amides is 3. The topological polar surface area (TPSA) is 157 Å². The van der Waals surface area contributed by atoms with Crippen LogP contribution < -0.4 is 16.0 Å². The number of benzene rings is 4. The molecule has 0 spiro atoms. The molecule has 0 saturated heterocycles. The van der Waals surface area contributed by atoms with Crippen molar-refractivity contribution in [2.45, 2.75) is 11.8 Å². The van der Waals surface area contributed by atoms with E-state index in [1.54, 1.807) is 60.0 Å². The highest BCUT2D eigenvalue weighted by molar-refractivity contribution is 8.00. The van der Waals surface area contributed by atoms with Crippen LogP contribution >= 0.6 is 23.1 Å². The third kappa shape index (κ3) is 9.09. The van der Waals surface area contributed by atoms with E-state index in [0.29, 0.717) is 32.3 Å². The van der Waals surface area contributed by atoms with E-state index in [-0.39, 0.29) is 28.6 Å². The second kappa shape index (κ2) is 16.4. The van der Waals surface area contributed by atoms with E-state index < -0.39 is 22.7 Å². The van der Waals surface area contributed by atoms with E-state index in [1.807, 2.05) is 31.2 Å². The Morgan fingerprint density at radius 1 is 0.900 bits per heavy atom. The lowest BCUT2D eigenvalue weighted by Crippen LogP contribution is -2.30. The average molecular weight is 707 g/mol. The van der Waals surface area contributed by atoms with Crippen molar-refractivity contribution in [3.8, 4) is 11.1 Å². The summed E-state index contributed by atoms with van der Waals surface area (Å²) in [5.74, 6) is -2.05. The van der Waals surface area contributed by atoms with Crippen LogP contribution in [0.25, 0.3) is 17.2 Å². The van der Waals surface area contributed by atoms with Gasteiger partial charge < -0.3 is 20.7 Å². The normalized spacial score (nSPS) is 11.0. The van der Waals surface area contributed by atoms with Crippen LogP contribution in [0.4, 0.5) is 16.4 Å². The van der Waals surface area contributed by atoms with Gasteiger partial charge in [0.15, 0.2) is 0 Å². The molecule has 0 unspecified atom stereocenters. The molecule has 0 aliphatic carbocycles. The van der Waals surface area contributed by atoms with Gasteiger partial charge in [-0.15, -0.1) is 23.1 Å². The predicted octanol–water partition coefficient (Wildman–Crippen LogP) is 7.56. The molecule has 50 heavy (non-hydrogen) atoms. The van der Waals surface area contributed by atoms with Crippen molar-refractivity contribution in [3.63, 3.8) is 0 Å². The van der Waals surface area contributed by atoms with Crippen LogP contribution in [0.3, 0.4) is 0 Å². The van der Waals surface area contributed by atoms with Gasteiger partial charge >= 0.3 is 5.97 Å². The fourth-order valence-corrected chi connectivity index (χ4v) is 6.40. The van der Waals surface area contributed by atoms with Gasteiger partial charge in [-0.1, -0.05) is 54.1 Å². The van der Waals surface area contributed by atoms with Crippen molar-refractivity contribution >= 4 is 69.2 Å². The smallest absolute Gasteiger partial charge is 0.341 e. The number of aryl methyl sites for hydroxylation is 1. The molecule has 0 saturated carbocycles. The number of esters is 1. The molecule has 0 atom stereocenters. The van der Waals surface area contributed by atoms with E-state index in [2.05, 4.69) is 16.0 Å². The van der Waals surface area contributed by atoms with Gasteiger partial charge in [0.2, 0.25) is 5.91 Å². The summed E-state index contributed by atoms with van der Waals surface area (Å²) in [4.78, 5) is 63.4. The quantitative estimate of drug-likeness (QED) is 0.0395. The summed E-state index contributed by atoms with van der Waals surface area (Å²) in [6.07, 6.45) is 1.42. The summed E-state index contributed by atoms with van der Waals surface area (Å²) in [7, 11) is 1.29. The minimum atomic E-state index is -0.634. The number of nitrogens with one attached hydrogen (secondary N) is 3. The van der Waals surface area contributed by atoms with Crippen LogP contribution in [-0.4, -0.2) is 41.5 Å². The van der Waals surface area contributed by atoms with Crippen molar-refractivity contribution < 1.29 is 28.8 Å². The highest BCUT2D eigenvalue weighted by atomic mass is 32.2. The largest absolute Gasteiger partial charge is 0.465 e. The Kier molecular flexibility index (Phi) is 11.5. The van der Waals surface area contributed by atoms with Gasteiger partial charge in [-0.25, -0.2) is 4.79 Å². The molecule has 13 heteroatoms. The lowest BCUT2D eigenvalue weighted by Gasteiger charge is -2.12. The fraction of sp³-hybridized carbons (Fsp3) is 0.0811. The Morgan fingerprint density at radius 3 is 2.30 bits per heavy atom. The lowest BCUT2D eigenvalue weighted by atomic mass is 10.0. The molecule has 0 radical (unpaired) electrons. The van der Waals surface area contributed by atoms with Crippen molar-refractivity contribution in [2.75, 3.05) is 23.5 Å². The Hall–Kier alpha value is -6.05. The maximum atomic E-state index is 13.5. The number of methoxy groups -OCH3 is 1. The summed E-state index contributed by atoms with van der Waals surface area (Å²) < 4.78 is 5.01. The first kappa shape index (κ1) is 35.3. The van der Waals surface area contributed by atoms with Crippen LogP contribution in [0.5, 0.6) is 0 Å². The summed E-state index contributed by atoms with van der Waals surface area (Å²) >= 11 is 2.45. The van der Waals surface area contributed by atoms with E-state index in [1.165, 1.54) is 60.5 Å². The zero-order valence-electron chi connectivity index (χ0n) is 26.8. The summed E-state index contributed by atoms with van der Waals surface area (Å²) in [6, 6.07) is 28.4. The fourth-order valence-electron chi connectivity index (χ4n) is 4.68. The van der Waals surface area contributed by atoms with Crippen LogP contribution in [0.15, 0.2) is 119 Å². The number of non-ortho nitro benzene ring substituents is 1. The molecule has 3 amide bonds. The Labute approximate surface area is 295 Å². The van der Waals surface area contributed by atoms with Crippen molar-refractivity contribution in [1.82, 2.24) is 5.32 Å². The molecule has 11 nitrogen and oxygen atoms in total. The highest BCUT2D eigenvalue weighted by Gasteiger charge is 2.22. The maximum Gasteiger partial charge on any atom is 0.341 e.